The Labute approximate surface area is 123 Å². The summed E-state index contributed by atoms with van der Waals surface area (Å²) in [5.41, 5.74) is 1.51. The quantitative estimate of drug-likeness (QED) is 0.884. The third-order valence-corrected chi connectivity index (χ3v) is 3.11. The van der Waals surface area contributed by atoms with Crippen LogP contribution in [0.1, 0.15) is 22.0 Å². The van der Waals surface area contributed by atoms with Crippen LogP contribution in [-0.2, 0) is 4.74 Å². The SMILES string of the molecule is COc1ccc(C(=O)NCC(OC)c2ccccc2)cn1. The average Bonchev–Trinajstić information content (AvgIpc) is 2.56. The van der Waals surface area contributed by atoms with Crippen molar-refractivity contribution in [3.8, 4) is 5.88 Å². The lowest BCUT2D eigenvalue weighted by Crippen LogP contribution is -2.29. The smallest absolute Gasteiger partial charge is 0.252 e. The number of amides is 1. The zero-order valence-electron chi connectivity index (χ0n) is 12.1. The van der Waals surface area contributed by atoms with E-state index >= 15 is 0 Å². The van der Waals surface area contributed by atoms with Gasteiger partial charge in [-0.3, -0.25) is 4.79 Å². The largest absolute Gasteiger partial charge is 0.481 e. The monoisotopic (exact) mass is 286 g/mol. The number of benzene rings is 1. The zero-order valence-corrected chi connectivity index (χ0v) is 12.1. The Morgan fingerprint density at radius 2 is 1.95 bits per heavy atom. The number of rotatable bonds is 6. The molecule has 0 radical (unpaired) electrons. The second-order valence-electron chi connectivity index (χ2n) is 4.43. The molecule has 0 aliphatic carbocycles. The van der Waals surface area contributed by atoms with Gasteiger partial charge in [0.05, 0.1) is 18.8 Å². The van der Waals surface area contributed by atoms with E-state index in [1.165, 1.54) is 13.3 Å². The molecule has 2 aromatic rings. The highest BCUT2D eigenvalue weighted by Gasteiger charge is 2.13. The summed E-state index contributed by atoms with van der Waals surface area (Å²) in [6, 6.07) is 13.1. The number of carbonyl (C=O) groups excluding carboxylic acids is 1. The predicted molar refractivity (Wildman–Crippen MR) is 79.3 cm³/mol. The first-order valence-corrected chi connectivity index (χ1v) is 6.60. The predicted octanol–water partition coefficient (Wildman–Crippen LogP) is 2.21. The van der Waals surface area contributed by atoms with E-state index in [0.29, 0.717) is 18.0 Å². The van der Waals surface area contributed by atoms with E-state index in [9.17, 15) is 4.79 Å². The highest BCUT2D eigenvalue weighted by Crippen LogP contribution is 2.15. The fraction of sp³-hybridized carbons (Fsp3) is 0.250. The fourth-order valence-corrected chi connectivity index (χ4v) is 1.93. The van der Waals surface area contributed by atoms with Crippen molar-refractivity contribution in [2.24, 2.45) is 0 Å². The molecule has 1 aromatic heterocycles. The molecule has 0 aliphatic rings. The van der Waals surface area contributed by atoms with Gasteiger partial charge in [0.2, 0.25) is 5.88 Å². The molecule has 0 spiro atoms. The van der Waals surface area contributed by atoms with Gasteiger partial charge in [0.25, 0.3) is 5.91 Å². The molecule has 0 bridgehead atoms. The summed E-state index contributed by atoms with van der Waals surface area (Å²) in [6.07, 6.45) is 1.31. The van der Waals surface area contributed by atoms with Gasteiger partial charge in [-0.15, -0.1) is 0 Å². The second-order valence-corrected chi connectivity index (χ2v) is 4.43. The van der Waals surface area contributed by atoms with E-state index in [0.717, 1.165) is 5.56 Å². The van der Waals surface area contributed by atoms with Gasteiger partial charge in [0.1, 0.15) is 0 Å². The maximum atomic E-state index is 12.0. The summed E-state index contributed by atoms with van der Waals surface area (Å²) in [6.45, 7) is 0.394. The van der Waals surface area contributed by atoms with Crippen molar-refractivity contribution in [2.75, 3.05) is 20.8 Å². The number of pyridine rings is 1. The van der Waals surface area contributed by atoms with Crippen molar-refractivity contribution in [1.82, 2.24) is 10.3 Å². The summed E-state index contributed by atoms with van der Waals surface area (Å²) in [5.74, 6) is 0.286. The van der Waals surface area contributed by atoms with E-state index in [1.807, 2.05) is 30.3 Å². The van der Waals surface area contributed by atoms with Crippen LogP contribution < -0.4 is 10.1 Å². The number of methoxy groups -OCH3 is 2. The minimum Gasteiger partial charge on any atom is -0.481 e. The van der Waals surface area contributed by atoms with Crippen LogP contribution in [0.5, 0.6) is 5.88 Å². The maximum Gasteiger partial charge on any atom is 0.252 e. The lowest BCUT2D eigenvalue weighted by molar-refractivity contribution is 0.0827. The molecule has 5 heteroatoms. The van der Waals surface area contributed by atoms with Crippen LogP contribution in [0.3, 0.4) is 0 Å². The summed E-state index contributed by atoms with van der Waals surface area (Å²) < 4.78 is 10.4. The Morgan fingerprint density at radius 1 is 1.19 bits per heavy atom. The summed E-state index contributed by atoms with van der Waals surface area (Å²) >= 11 is 0. The Kier molecular flexibility index (Phi) is 5.29. The number of hydrogen-bond acceptors (Lipinski definition) is 4. The van der Waals surface area contributed by atoms with Crippen LogP contribution in [0, 0.1) is 0 Å². The molecule has 1 heterocycles. The van der Waals surface area contributed by atoms with Crippen LogP contribution in [0.25, 0.3) is 0 Å². The minimum absolute atomic E-state index is 0.179. The molecule has 21 heavy (non-hydrogen) atoms. The molecular formula is C16H18N2O3. The van der Waals surface area contributed by atoms with Crippen molar-refractivity contribution < 1.29 is 14.3 Å². The van der Waals surface area contributed by atoms with Crippen molar-refractivity contribution in [2.45, 2.75) is 6.10 Å². The third kappa shape index (κ3) is 4.03. The number of hydrogen-bond donors (Lipinski definition) is 1. The fourth-order valence-electron chi connectivity index (χ4n) is 1.93. The minimum atomic E-state index is -0.192. The Balaban J connectivity index is 1.96. The van der Waals surface area contributed by atoms with Gasteiger partial charge in [-0.2, -0.15) is 0 Å². The number of nitrogens with one attached hydrogen (secondary N) is 1. The Hall–Kier alpha value is -2.40. The van der Waals surface area contributed by atoms with Crippen molar-refractivity contribution >= 4 is 5.91 Å². The lowest BCUT2D eigenvalue weighted by atomic mass is 10.1. The van der Waals surface area contributed by atoms with E-state index in [4.69, 9.17) is 9.47 Å². The summed E-state index contributed by atoms with van der Waals surface area (Å²) in [5, 5.41) is 2.84. The highest BCUT2D eigenvalue weighted by molar-refractivity contribution is 5.93. The van der Waals surface area contributed by atoms with Gasteiger partial charge in [-0.25, -0.2) is 4.98 Å². The molecule has 0 fully saturated rings. The molecule has 1 unspecified atom stereocenters. The van der Waals surface area contributed by atoms with Crippen LogP contribution in [-0.4, -0.2) is 31.7 Å². The van der Waals surface area contributed by atoms with Crippen LogP contribution >= 0.6 is 0 Å². The molecule has 1 N–H and O–H groups in total. The molecule has 1 atom stereocenters. The number of aromatic nitrogens is 1. The van der Waals surface area contributed by atoms with Gasteiger partial charge in [-0.05, 0) is 11.6 Å². The van der Waals surface area contributed by atoms with Crippen molar-refractivity contribution in [3.05, 3.63) is 59.8 Å². The lowest BCUT2D eigenvalue weighted by Gasteiger charge is -2.16. The third-order valence-electron chi connectivity index (χ3n) is 3.11. The van der Waals surface area contributed by atoms with Gasteiger partial charge in [-0.1, -0.05) is 30.3 Å². The molecule has 0 aliphatic heterocycles. The van der Waals surface area contributed by atoms with Gasteiger partial charge < -0.3 is 14.8 Å². The number of ether oxygens (including phenoxy) is 2. The normalized spacial score (nSPS) is 11.7. The molecule has 1 amide bonds. The molecule has 2 rings (SSSR count). The molecule has 0 saturated heterocycles. The van der Waals surface area contributed by atoms with Crippen LogP contribution in [0.2, 0.25) is 0 Å². The van der Waals surface area contributed by atoms with E-state index in [1.54, 1.807) is 19.2 Å². The average molecular weight is 286 g/mol. The second kappa shape index (κ2) is 7.40. The standard InChI is InChI=1S/C16H18N2O3/c1-20-14(12-6-4-3-5-7-12)11-18-16(19)13-8-9-15(21-2)17-10-13/h3-10,14H,11H2,1-2H3,(H,18,19). The molecule has 0 saturated carbocycles. The first-order valence-electron chi connectivity index (χ1n) is 6.60. The van der Waals surface area contributed by atoms with E-state index < -0.39 is 0 Å². The number of nitrogens with zero attached hydrogens (tertiary/aromatic N) is 1. The summed E-state index contributed by atoms with van der Waals surface area (Å²) in [7, 11) is 3.16. The van der Waals surface area contributed by atoms with Crippen LogP contribution in [0.4, 0.5) is 0 Å². The highest BCUT2D eigenvalue weighted by atomic mass is 16.5. The molecular weight excluding hydrogens is 268 g/mol. The van der Waals surface area contributed by atoms with Gasteiger partial charge >= 0.3 is 0 Å². The topological polar surface area (TPSA) is 60.5 Å². The maximum absolute atomic E-state index is 12.0. The zero-order chi connectivity index (χ0) is 15.1. The van der Waals surface area contributed by atoms with E-state index in [-0.39, 0.29) is 12.0 Å². The van der Waals surface area contributed by atoms with Crippen LogP contribution in [0.15, 0.2) is 48.7 Å². The molecule has 1 aromatic carbocycles. The van der Waals surface area contributed by atoms with Gasteiger partial charge in [0, 0.05) is 25.9 Å². The molecule has 5 nitrogen and oxygen atoms in total. The van der Waals surface area contributed by atoms with Crippen molar-refractivity contribution in [3.63, 3.8) is 0 Å². The van der Waals surface area contributed by atoms with Crippen molar-refractivity contribution in [1.29, 1.82) is 0 Å². The van der Waals surface area contributed by atoms with E-state index in [2.05, 4.69) is 10.3 Å². The molecule has 110 valence electrons. The Bertz CT molecular complexity index is 570. The first kappa shape index (κ1) is 15.0. The first-order chi connectivity index (χ1) is 10.2. The summed E-state index contributed by atoms with van der Waals surface area (Å²) in [4.78, 5) is 16.1. The Morgan fingerprint density at radius 3 is 2.52 bits per heavy atom. The number of carbonyl (C=O) groups is 1. The van der Waals surface area contributed by atoms with Gasteiger partial charge in [0.15, 0.2) is 0 Å².